The molecule has 0 aliphatic heterocycles. The average molecular weight is 904 g/mol. The molecule has 10 heteroatoms. The van der Waals surface area contributed by atoms with Gasteiger partial charge in [-0.1, -0.05) is 153 Å². The topological polar surface area (TPSA) is 93.1 Å². The summed E-state index contributed by atoms with van der Waals surface area (Å²) in [5, 5.41) is 9.21. The molecule has 0 aromatic rings. The molecule has 0 aromatic heterocycles. The van der Waals surface area contributed by atoms with Gasteiger partial charge in [0.25, 0.3) is 5.24 Å². The van der Waals surface area contributed by atoms with E-state index in [1.165, 1.54) is 127 Å². The van der Waals surface area contributed by atoms with Crippen LogP contribution in [0.1, 0.15) is 200 Å². The molecule has 0 spiro atoms. The van der Waals surface area contributed by atoms with Gasteiger partial charge in [-0.2, -0.15) is 0 Å². The van der Waals surface area contributed by atoms with Crippen LogP contribution >= 0.6 is 11.8 Å². The van der Waals surface area contributed by atoms with E-state index in [-0.39, 0.29) is 67.1 Å². The molecular formula is C48H91BrN2O6S. The van der Waals surface area contributed by atoms with E-state index in [0.717, 1.165) is 64.3 Å². The minimum Gasteiger partial charge on any atom is -1.00 e. The molecule has 1 amide bonds. The number of ether oxygens (including phenoxy) is 2. The van der Waals surface area contributed by atoms with Crippen LogP contribution in [0.25, 0.3) is 0 Å². The van der Waals surface area contributed by atoms with Crippen molar-refractivity contribution in [1.29, 1.82) is 0 Å². The van der Waals surface area contributed by atoms with Crippen molar-refractivity contribution in [2.45, 2.75) is 200 Å². The number of carbonyl (C=O) groups excluding carboxylic acids is 3. The van der Waals surface area contributed by atoms with Crippen LogP contribution < -0.4 is 17.0 Å². The van der Waals surface area contributed by atoms with Crippen molar-refractivity contribution < 1.29 is 50.4 Å². The third kappa shape index (κ3) is 42.8. The second kappa shape index (κ2) is 45.2. The number of aliphatic hydroxyl groups excluding tert-OH is 1. The molecular weight excluding hydrogens is 813 g/mol. The summed E-state index contributed by atoms with van der Waals surface area (Å²) in [5.74, 6) is 0.221. The predicted octanol–water partition coefficient (Wildman–Crippen LogP) is 9.77. The number of thioether (sulfide) groups is 1. The van der Waals surface area contributed by atoms with Gasteiger partial charge in [-0.05, 0) is 64.2 Å². The minimum atomic E-state index is -0.219. The predicted molar refractivity (Wildman–Crippen MR) is 244 cm³/mol. The number of allylic oxidation sites excluding steroid dienone is 4. The lowest BCUT2D eigenvalue weighted by atomic mass is 10.1. The summed E-state index contributed by atoms with van der Waals surface area (Å²) in [6.45, 7) is 7.03. The zero-order chi connectivity index (χ0) is 41.9. The van der Waals surface area contributed by atoms with E-state index < -0.39 is 0 Å². The molecule has 8 nitrogen and oxygen atoms in total. The number of rotatable bonds is 42. The quantitative estimate of drug-likeness (QED) is 0.0282. The van der Waals surface area contributed by atoms with Gasteiger partial charge < -0.3 is 40.9 Å². The maximum Gasteiger partial charge on any atom is 0.305 e. The van der Waals surface area contributed by atoms with Crippen molar-refractivity contribution in [3.63, 3.8) is 0 Å². The van der Waals surface area contributed by atoms with Crippen molar-refractivity contribution in [3.05, 3.63) is 24.3 Å². The lowest BCUT2D eigenvalue weighted by molar-refractivity contribution is -0.890. The van der Waals surface area contributed by atoms with Crippen molar-refractivity contribution in [3.8, 4) is 0 Å². The maximum absolute atomic E-state index is 13.2. The van der Waals surface area contributed by atoms with Crippen molar-refractivity contribution >= 4 is 28.9 Å². The summed E-state index contributed by atoms with van der Waals surface area (Å²) in [6.07, 6.45) is 42.6. The normalized spacial score (nSPS) is 11.7. The zero-order valence-corrected chi connectivity index (χ0v) is 40.5. The Morgan fingerprint density at radius 2 is 0.897 bits per heavy atom. The highest BCUT2D eigenvalue weighted by Gasteiger charge is 2.18. The number of hydrogen-bond donors (Lipinski definition) is 1. The Kier molecular flexibility index (Phi) is 45.7. The van der Waals surface area contributed by atoms with Crippen LogP contribution in [0.5, 0.6) is 0 Å². The number of halogens is 1. The Morgan fingerprint density at radius 1 is 0.534 bits per heavy atom. The molecule has 0 rings (SSSR count). The number of amides is 1. The first-order valence-electron chi connectivity index (χ1n) is 23.7. The molecule has 0 aliphatic carbocycles. The number of aliphatic hydroxyl groups is 1. The average Bonchev–Trinajstić information content (AvgIpc) is 3.18. The zero-order valence-electron chi connectivity index (χ0n) is 38.1. The van der Waals surface area contributed by atoms with Gasteiger partial charge in [0.1, 0.15) is 19.8 Å². The molecule has 0 bridgehead atoms. The summed E-state index contributed by atoms with van der Waals surface area (Å²) < 4.78 is 11.7. The van der Waals surface area contributed by atoms with E-state index in [4.69, 9.17) is 9.47 Å². The summed E-state index contributed by atoms with van der Waals surface area (Å²) >= 11 is 1.25. The Hall–Kier alpha value is -1.36. The maximum atomic E-state index is 13.2. The van der Waals surface area contributed by atoms with E-state index in [0.29, 0.717) is 29.6 Å². The standard InChI is InChI=1S/C48H91N2O6S.BrH/c1-5-7-9-11-13-15-17-19-21-23-25-27-29-31-33-36-46(52)55-43-38-49(48(54)57-45-35-40-50(3,4)41-42-51)39-44-56-47(53)37-34-32-30-28-26-24-22-20-18-16-14-12-10-8-6-2;/h19-22,51H,5-18,23-45H2,1-4H3;1H/q+1;/p-1/b21-19+,22-20+;. The van der Waals surface area contributed by atoms with Crippen LogP contribution in [-0.2, 0) is 19.1 Å². The molecule has 1 N–H and O–H groups in total. The van der Waals surface area contributed by atoms with Crippen LogP contribution in [0.4, 0.5) is 4.79 Å². The molecule has 0 radical (unpaired) electrons. The van der Waals surface area contributed by atoms with Crippen molar-refractivity contribution in [2.24, 2.45) is 0 Å². The third-order valence-corrected chi connectivity index (χ3v) is 11.6. The van der Waals surface area contributed by atoms with Gasteiger partial charge in [0.05, 0.1) is 40.3 Å². The molecule has 0 saturated heterocycles. The lowest BCUT2D eigenvalue weighted by Gasteiger charge is -2.29. The van der Waals surface area contributed by atoms with Crippen LogP contribution in [0, 0.1) is 0 Å². The fraction of sp³-hybridized carbons (Fsp3) is 0.854. The number of nitrogens with zero attached hydrogens (tertiary/aromatic N) is 2. The van der Waals surface area contributed by atoms with Crippen molar-refractivity contribution in [2.75, 3.05) is 65.8 Å². The van der Waals surface area contributed by atoms with Gasteiger partial charge in [0.15, 0.2) is 0 Å². The largest absolute Gasteiger partial charge is 1.00 e. The number of unbranched alkanes of at least 4 members (excludes halogenated alkanes) is 22. The molecule has 0 aromatic carbocycles. The Bertz CT molecular complexity index is 937. The van der Waals surface area contributed by atoms with Gasteiger partial charge in [0.2, 0.25) is 0 Å². The number of quaternary nitrogens is 1. The Balaban J connectivity index is 0. The summed E-state index contributed by atoms with van der Waals surface area (Å²) in [6, 6.07) is 0. The van der Waals surface area contributed by atoms with Gasteiger partial charge >= 0.3 is 11.9 Å². The highest BCUT2D eigenvalue weighted by Crippen LogP contribution is 2.15. The number of likely N-dealkylation sites (N-methyl/N-ethyl adjacent to an activating group) is 1. The molecule has 0 saturated carbocycles. The Labute approximate surface area is 372 Å². The smallest absolute Gasteiger partial charge is 0.305 e. The summed E-state index contributed by atoms with van der Waals surface area (Å²) in [4.78, 5) is 39.7. The monoisotopic (exact) mass is 903 g/mol. The molecule has 0 aliphatic rings. The molecule has 0 fully saturated rings. The summed E-state index contributed by atoms with van der Waals surface area (Å²) in [7, 11) is 4.15. The fourth-order valence-electron chi connectivity index (χ4n) is 6.78. The van der Waals surface area contributed by atoms with Gasteiger partial charge in [-0.25, -0.2) is 0 Å². The van der Waals surface area contributed by atoms with Gasteiger partial charge in [0, 0.05) is 25.0 Å². The second-order valence-corrected chi connectivity index (χ2v) is 17.7. The minimum absolute atomic E-state index is 0. The molecule has 58 heavy (non-hydrogen) atoms. The first-order chi connectivity index (χ1) is 27.8. The van der Waals surface area contributed by atoms with Crippen LogP contribution in [0.15, 0.2) is 24.3 Å². The van der Waals surface area contributed by atoms with Gasteiger partial charge in [-0.15, -0.1) is 0 Å². The lowest BCUT2D eigenvalue weighted by Crippen LogP contribution is -3.00. The van der Waals surface area contributed by atoms with Crippen LogP contribution in [-0.4, -0.2) is 97.5 Å². The molecule has 0 atom stereocenters. The SMILES string of the molecule is CCCCCCCC/C=C/CCCCCCCC(=O)OCCN(CCOC(=O)CCCCCCC/C=C/CCCCCCCC)C(=O)SCCC[N+](C)(C)CCO.[Br-]. The molecule has 0 unspecified atom stereocenters. The highest BCUT2D eigenvalue weighted by molar-refractivity contribution is 8.13. The van der Waals surface area contributed by atoms with E-state index >= 15 is 0 Å². The first kappa shape index (κ1) is 58.7. The van der Waals surface area contributed by atoms with Crippen LogP contribution in [0.2, 0.25) is 0 Å². The number of esters is 2. The van der Waals surface area contributed by atoms with E-state index in [1.807, 2.05) is 0 Å². The summed E-state index contributed by atoms with van der Waals surface area (Å²) in [5.41, 5.74) is 0. The number of carbonyl (C=O) groups is 3. The fourth-order valence-corrected chi connectivity index (χ4v) is 7.60. The van der Waals surface area contributed by atoms with Gasteiger partial charge in [-0.3, -0.25) is 14.4 Å². The molecule has 342 valence electrons. The van der Waals surface area contributed by atoms with E-state index in [9.17, 15) is 19.5 Å². The van der Waals surface area contributed by atoms with E-state index in [1.54, 1.807) is 4.90 Å². The highest BCUT2D eigenvalue weighted by atomic mass is 79.9. The third-order valence-electron chi connectivity index (χ3n) is 10.6. The van der Waals surface area contributed by atoms with E-state index in [2.05, 4.69) is 52.2 Å². The second-order valence-electron chi connectivity index (χ2n) is 16.7. The molecule has 0 heterocycles. The number of hydrogen-bond acceptors (Lipinski definition) is 7. The van der Waals surface area contributed by atoms with Crippen LogP contribution in [0.3, 0.4) is 0 Å². The Morgan fingerprint density at radius 3 is 1.28 bits per heavy atom. The van der Waals surface area contributed by atoms with Crippen molar-refractivity contribution in [1.82, 2.24) is 4.90 Å². The first-order valence-corrected chi connectivity index (χ1v) is 24.7.